The van der Waals surface area contributed by atoms with Crippen LogP contribution in [-0.4, -0.2) is 28.5 Å². The second-order valence-electron chi connectivity index (χ2n) is 3.87. The third-order valence-corrected chi connectivity index (χ3v) is 2.50. The Labute approximate surface area is 100 Å². The van der Waals surface area contributed by atoms with Crippen molar-refractivity contribution < 1.29 is 17.6 Å². The summed E-state index contributed by atoms with van der Waals surface area (Å²) in [4.78, 5) is 0. The Morgan fingerprint density at radius 3 is 2.83 bits per heavy atom. The van der Waals surface area contributed by atoms with E-state index >= 15 is 0 Å². The normalized spacial score (nSPS) is 12.5. The van der Waals surface area contributed by atoms with Gasteiger partial charge in [-0.15, -0.1) is 0 Å². The molecule has 0 spiro atoms. The Balaban J connectivity index is 1.99. The highest BCUT2D eigenvalue weighted by molar-refractivity contribution is 5.53. The highest BCUT2D eigenvalue weighted by Crippen LogP contribution is 2.21. The van der Waals surface area contributed by atoms with Gasteiger partial charge in [0.15, 0.2) is 0 Å². The van der Waals surface area contributed by atoms with E-state index in [0.717, 1.165) is 5.52 Å². The molecule has 18 heavy (non-hydrogen) atoms. The van der Waals surface area contributed by atoms with Gasteiger partial charge in [0.25, 0.3) is 0 Å². The van der Waals surface area contributed by atoms with Gasteiger partial charge < -0.3 is 5.32 Å². The van der Waals surface area contributed by atoms with E-state index in [1.54, 1.807) is 28.9 Å². The fraction of sp³-hybridized carbons (Fsp3) is 0.364. The van der Waals surface area contributed by atoms with Gasteiger partial charge in [-0.1, -0.05) is 6.07 Å². The van der Waals surface area contributed by atoms with Crippen LogP contribution in [0.4, 0.5) is 17.6 Å². The van der Waals surface area contributed by atoms with Gasteiger partial charge in [-0.25, -0.2) is 13.3 Å². The van der Waals surface area contributed by atoms with Crippen LogP contribution < -0.4 is 5.32 Å². The molecule has 0 amide bonds. The zero-order chi connectivity index (χ0) is 13.2. The molecule has 98 valence electrons. The highest BCUT2D eigenvalue weighted by atomic mass is 19.3. The number of hydrogen-bond acceptors (Lipinski definition) is 2. The predicted molar refractivity (Wildman–Crippen MR) is 57.8 cm³/mol. The quantitative estimate of drug-likeness (QED) is 0.837. The topological polar surface area (TPSA) is 29.3 Å². The van der Waals surface area contributed by atoms with Crippen LogP contribution >= 0.6 is 0 Å². The van der Waals surface area contributed by atoms with Crippen LogP contribution in [0.3, 0.4) is 0 Å². The lowest BCUT2D eigenvalue weighted by Crippen LogP contribution is -2.38. The van der Waals surface area contributed by atoms with E-state index in [-0.39, 0.29) is 6.54 Å². The number of nitrogens with one attached hydrogen (secondary N) is 1. The summed E-state index contributed by atoms with van der Waals surface area (Å²) in [5, 5.41) is 6.33. The maximum Gasteiger partial charge on any atom is 0.319 e. The van der Waals surface area contributed by atoms with Crippen molar-refractivity contribution in [2.75, 3.05) is 6.54 Å². The SMILES string of the molecule is FC(F)C(F)(F)CNCc1cnn2ccccc12. The number of nitrogens with zero attached hydrogens (tertiary/aromatic N) is 2. The molecule has 0 aliphatic rings. The first-order chi connectivity index (χ1) is 8.50. The first-order valence-electron chi connectivity index (χ1n) is 5.28. The number of aromatic nitrogens is 2. The summed E-state index contributed by atoms with van der Waals surface area (Å²) in [6, 6.07) is 5.34. The zero-order valence-electron chi connectivity index (χ0n) is 9.28. The number of fused-ring (bicyclic) bond motifs is 1. The number of rotatable bonds is 5. The summed E-state index contributed by atoms with van der Waals surface area (Å²) in [6.07, 6.45) is -0.427. The largest absolute Gasteiger partial charge is 0.319 e. The number of hydrogen-bond donors (Lipinski definition) is 1. The molecule has 0 aliphatic carbocycles. The Kier molecular flexibility index (Phi) is 3.51. The van der Waals surface area contributed by atoms with Crippen LogP contribution in [0.5, 0.6) is 0 Å². The molecule has 2 aromatic rings. The van der Waals surface area contributed by atoms with Crippen molar-refractivity contribution in [2.24, 2.45) is 0 Å². The maximum absolute atomic E-state index is 12.7. The van der Waals surface area contributed by atoms with Crippen LogP contribution in [0.25, 0.3) is 5.52 Å². The van der Waals surface area contributed by atoms with Crippen molar-refractivity contribution in [2.45, 2.75) is 18.9 Å². The molecular formula is C11H11F4N3. The summed E-state index contributed by atoms with van der Waals surface area (Å²) in [7, 11) is 0. The summed E-state index contributed by atoms with van der Waals surface area (Å²) in [5.41, 5.74) is 1.44. The Bertz CT molecular complexity index is 524. The number of alkyl halides is 4. The van der Waals surface area contributed by atoms with E-state index in [4.69, 9.17) is 0 Å². The first-order valence-corrected chi connectivity index (χ1v) is 5.28. The molecule has 0 fully saturated rings. The van der Waals surface area contributed by atoms with Gasteiger partial charge in [0.05, 0.1) is 18.3 Å². The molecule has 0 bridgehead atoms. The van der Waals surface area contributed by atoms with E-state index in [9.17, 15) is 17.6 Å². The van der Waals surface area contributed by atoms with Gasteiger partial charge in [0.2, 0.25) is 0 Å². The van der Waals surface area contributed by atoms with Crippen molar-refractivity contribution in [1.82, 2.24) is 14.9 Å². The molecule has 0 saturated carbocycles. The molecule has 3 nitrogen and oxygen atoms in total. The van der Waals surface area contributed by atoms with Crippen LogP contribution in [0, 0.1) is 0 Å². The smallest absolute Gasteiger partial charge is 0.307 e. The summed E-state index contributed by atoms with van der Waals surface area (Å²) < 4.78 is 50.7. The minimum Gasteiger partial charge on any atom is -0.307 e. The summed E-state index contributed by atoms with van der Waals surface area (Å²) >= 11 is 0. The molecule has 2 rings (SSSR count). The Hall–Kier alpha value is -1.63. The van der Waals surface area contributed by atoms with Gasteiger partial charge in [-0.05, 0) is 12.1 Å². The first kappa shape index (κ1) is 12.8. The molecule has 1 N–H and O–H groups in total. The van der Waals surface area contributed by atoms with Gasteiger partial charge in [-0.2, -0.15) is 13.9 Å². The van der Waals surface area contributed by atoms with Crippen LogP contribution in [0.2, 0.25) is 0 Å². The van der Waals surface area contributed by atoms with Gasteiger partial charge in [-0.3, -0.25) is 0 Å². The lowest BCUT2D eigenvalue weighted by molar-refractivity contribution is -0.125. The molecule has 0 unspecified atom stereocenters. The monoisotopic (exact) mass is 261 g/mol. The fourth-order valence-electron chi connectivity index (χ4n) is 1.56. The average molecular weight is 261 g/mol. The summed E-state index contributed by atoms with van der Waals surface area (Å²) in [5.74, 6) is -4.01. The van der Waals surface area contributed by atoms with Crippen molar-refractivity contribution in [3.05, 3.63) is 36.2 Å². The van der Waals surface area contributed by atoms with Crippen molar-refractivity contribution in [3.8, 4) is 0 Å². The second-order valence-corrected chi connectivity index (χ2v) is 3.87. The number of pyridine rings is 1. The van der Waals surface area contributed by atoms with E-state index in [1.165, 1.54) is 6.20 Å². The Morgan fingerprint density at radius 1 is 1.33 bits per heavy atom. The maximum atomic E-state index is 12.7. The highest BCUT2D eigenvalue weighted by Gasteiger charge is 2.39. The van der Waals surface area contributed by atoms with Crippen LogP contribution in [0.1, 0.15) is 5.56 Å². The standard InChI is InChI=1S/C11H11F4N3/c12-10(13)11(14,15)7-16-5-8-6-17-18-4-2-1-3-9(8)18/h1-4,6,10,16H,5,7H2. The molecule has 0 atom stereocenters. The molecule has 0 aromatic carbocycles. The van der Waals surface area contributed by atoms with Crippen molar-refractivity contribution in [3.63, 3.8) is 0 Å². The minimum absolute atomic E-state index is 0.0653. The summed E-state index contributed by atoms with van der Waals surface area (Å²) in [6.45, 7) is -0.995. The van der Waals surface area contributed by atoms with E-state index in [2.05, 4.69) is 10.4 Å². The molecule has 0 aliphatic heterocycles. The third kappa shape index (κ3) is 2.61. The lowest BCUT2D eigenvalue weighted by Gasteiger charge is -2.15. The third-order valence-electron chi connectivity index (χ3n) is 2.50. The van der Waals surface area contributed by atoms with Gasteiger partial charge in [0.1, 0.15) is 0 Å². The molecule has 2 heterocycles. The predicted octanol–water partition coefficient (Wildman–Crippen LogP) is 2.32. The fourth-order valence-corrected chi connectivity index (χ4v) is 1.56. The molecular weight excluding hydrogens is 250 g/mol. The van der Waals surface area contributed by atoms with Crippen LogP contribution in [0.15, 0.2) is 30.6 Å². The lowest BCUT2D eigenvalue weighted by atomic mass is 10.2. The second kappa shape index (κ2) is 4.93. The Morgan fingerprint density at radius 2 is 2.11 bits per heavy atom. The van der Waals surface area contributed by atoms with Gasteiger partial charge in [0, 0.05) is 18.3 Å². The van der Waals surface area contributed by atoms with E-state index in [0.29, 0.717) is 5.56 Å². The molecule has 0 radical (unpaired) electrons. The molecule has 0 saturated heterocycles. The minimum atomic E-state index is -4.01. The van der Waals surface area contributed by atoms with Gasteiger partial charge >= 0.3 is 12.3 Å². The number of halogens is 4. The zero-order valence-corrected chi connectivity index (χ0v) is 9.28. The van der Waals surface area contributed by atoms with Crippen LogP contribution in [-0.2, 0) is 6.54 Å². The molecule has 7 heteroatoms. The van der Waals surface area contributed by atoms with Crippen molar-refractivity contribution in [1.29, 1.82) is 0 Å². The van der Waals surface area contributed by atoms with E-state index < -0.39 is 18.9 Å². The average Bonchev–Trinajstić information content (AvgIpc) is 2.72. The van der Waals surface area contributed by atoms with E-state index in [1.807, 2.05) is 0 Å². The van der Waals surface area contributed by atoms with Crippen molar-refractivity contribution >= 4 is 5.52 Å². The molecule has 2 aromatic heterocycles.